The molecule has 312 valence electrons. The molecule has 3 aromatic rings. The predicted molar refractivity (Wildman–Crippen MR) is 221 cm³/mol. The van der Waals surface area contributed by atoms with Crippen molar-refractivity contribution in [2.45, 2.75) is 109 Å². The van der Waals surface area contributed by atoms with Crippen LogP contribution in [0.15, 0.2) is 42.3 Å². The molecule has 0 radical (unpaired) electrons. The zero-order valence-electron chi connectivity index (χ0n) is 34.1. The lowest BCUT2D eigenvalue weighted by Gasteiger charge is -2.35. The summed E-state index contributed by atoms with van der Waals surface area (Å²) in [5.41, 5.74) is 0.128. The molecule has 3 heterocycles. The van der Waals surface area contributed by atoms with E-state index in [-0.39, 0.29) is 31.5 Å². The van der Waals surface area contributed by atoms with Crippen LogP contribution in [0.2, 0.25) is 0 Å². The minimum atomic E-state index is -1.53. The summed E-state index contributed by atoms with van der Waals surface area (Å²) in [4.78, 5) is 79.6. The lowest BCUT2D eigenvalue weighted by molar-refractivity contribution is -0.146. The molecule has 0 unspecified atom stereocenters. The summed E-state index contributed by atoms with van der Waals surface area (Å²) in [5, 5.41) is 24.1. The summed E-state index contributed by atoms with van der Waals surface area (Å²) >= 11 is 1.21. The summed E-state index contributed by atoms with van der Waals surface area (Å²) in [5.74, 6) is -2.36. The fourth-order valence-electron chi connectivity index (χ4n) is 7.59. The number of carbonyl (C=O) groups is 5. The highest BCUT2D eigenvalue weighted by Crippen LogP contribution is 2.45. The van der Waals surface area contributed by atoms with Gasteiger partial charge in [0.05, 0.1) is 23.9 Å². The molecule has 0 spiro atoms. The highest BCUT2D eigenvalue weighted by molar-refractivity contribution is 7.14. The SMILES string of the molecule is C=C[C@@H]1C[C@]1(NC(=O)[C@@H]1C[C@@H](Oc2cc(-c3csc(NC(=O)OC(C)C)n3)nc3cc(N(C)C)ccc23)CN1C(=O)[C@@H](NC(=O)NC1CCCC1)C(C)(C)C)C(=O)O. The number of rotatable bonds is 13. The second-order valence-electron chi connectivity index (χ2n) is 16.9. The highest BCUT2D eigenvalue weighted by atomic mass is 32.1. The first-order chi connectivity index (χ1) is 27.4. The van der Waals surface area contributed by atoms with E-state index in [1.54, 1.807) is 25.3 Å². The van der Waals surface area contributed by atoms with Crippen molar-refractivity contribution in [3.8, 4) is 17.1 Å². The largest absolute Gasteiger partial charge is 0.488 e. The summed E-state index contributed by atoms with van der Waals surface area (Å²) in [6, 6.07) is 4.86. The molecule has 2 aromatic heterocycles. The van der Waals surface area contributed by atoms with Crippen LogP contribution in [-0.4, -0.2) is 106 Å². The van der Waals surface area contributed by atoms with Gasteiger partial charge < -0.3 is 40.3 Å². The third-order valence-corrected chi connectivity index (χ3v) is 11.6. The van der Waals surface area contributed by atoms with Crippen molar-refractivity contribution >= 4 is 63.0 Å². The quantitative estimate of drug-likeness (QED) is 0.136. The van der Waals surface area contributed by atoms with Gasteiger partial charge in [-0.1, -0.05) is 39.7 Å². The van der Waals surface area contributed by atoms with E-state index < -0.39 is 65.0 Å². The molecule has 1 aromatic carbocycles. The monoisotopic (exact) mass is 818 g/mol. The number of hydrogen-bond acceptors (Lipinski definition) is 11. The molecular formula is C41H54N8O8S. The van der Waals surface area contributed by atoms with E-state index >= 15 is 0 Å². The van der Waals surface area contributed by atoms with Gasteiger partial charge in [0.15, 0.2) is 5.13 Å². The van der Waals surface area contributed by atoms with Crippen molar-refractivity contribution in [2.75, 3.05) is 30.9 Å². The summed E-state index contributed by atoms with van der Waals surface area (Å²) in [6.07, 6.45) is 3.82. The topological polar surface area (TPSA) is 204 Å². The first kappa shape index (κ1) is 42.2. The smallest absolute Gasteiger partial charge is 0.413 e. The Labute approximate surface area is 342 Å². The van der Waals surface area contributed by atoms with Gasteiger partial charge in [0.2, 0.25) is 11.8 Å². The van der Waals surface area contributed by atoms with Gasteiger partial charge in [0.1, 0.15) is 35.2 Å². The average molecular weight is 819 g/mol. The Morgan fingerprint density at radius 2 is 1.81 bits per heavy atom. The van der Waals surface area contributed by atoms with E-state index in [2.05, 4.69) is 32.8 Å². The van der Waals surface area contributed by atoms with Crippen LogP contribution in [-0.2, 0) is 19.1 Å². The minimum absolute atomic E-state index is 0.0183. The second kappa shape index (κ2) is 16.8. The lowest BCUT2D eigenvalue weighted by atomic mass is 9.85. The average Bonchev–Trinajstić information content (AvgIpc) is 3.56. The van der Waals surface area contributed by atoms with Crippen molar-refractivity contribution in [3.05, 3.63) is 42.3 Å². The molecule has 5 atom stereocenters. The molecular weight excluding hydrogens is 765 g/mol. The van der Waals surface area contributed by atoms with Crippen LogP contribution in [0.5, 0.6) is 5.75 Å². The van der Waals surface area contributed by atoms with Gasteiger partial charge in [-0.2, -0.15) is 0 Å². The van der Waals surface area contributed by atoms with Crippen LogP contribution >= 0.6 is 11.3 Å². The van der Waals surface area contributed by atoms with Gasteiger partial charge in [-0.25, -0.2) is 24.4 Å². The standard InChI is InChI=1S/C41H54N8O8S/c1-9-23-19-41(23,36(52)53)47-34(50)31-17-26(20-49(31)35(51)33(40(4,5)6)45-37(54)42-24-12-10-11-13-24)57-32-18-29(43-28-16-25(48(7)8)14-15-27(28)32)30-21-58-38(44-30)46-39(55)56-22(2)3/h9,14-16,18,21-24,26,31,33H,1,10-13,17,19-20H2,2-8H3,(H,47,50)(H,52,53)(H2,42,45,54)(H,44,46,55)/t23-,26-,31+,33-,41-/m1/s1. The Hall–Kier alpha value is -5.45. The van der Waals surface area contributed by atoms with Gasteiger partial charge in [-0.05, 0) is 56.7 Å². The van der Waals surface area contributed by atoms with Crippen molar-refractivity contribution in [1.29, 1.82) is 0 Å². The molecule has 3 fully saturated rings. The fourth-order valence-corrected chi connectivity index (χ4v) is 8.28. The van der Waals surface area contributed by atoms with Crippen molar-refractivity contribution in [2.24, 2.45) is 11.3 Å². The molecule has 2 saturated carbocycles. The van der Waals surface area contributed by atoms with E-state index in [0.29, 0.717) is 33.2 Å². The molecule has 1 aliphatic heterocycles. The van der Waals surface area contributed by atoms with Crippen molar-refractivity contribution < 1.29 is 38.6 Å². The number of carboxylic acids is 1. The molecule has 58 heavy (non-hydrogen) atoms. The summed E-state index contributed by atoms with van der Waals surface area (Å²) in [7, 11) is 3.83. The van der Waals surface area contributed by atoms with Gasteiger partial charge in [-0.15, -0.1) is 17.9 Å². The second-order valence-corrected chi connectivity index (χ2v) is 17.8. The van der Waals surface area contributed by atoms with E-state index in [1.807, 2.05) is 58.0 Å². The number of aliphatic carboxylic acids is 1. The van der Waals surface area contributed by atoms with E-state index in [4.69, 9.17) is 14.5 Å². The molecule has 16 nitrogen and oxygen atoms in total. The molecule has 1 saturated heterocycles. The zero-order chi connectivity index (χ0) is 42.1. The van der Waals surface area contributed by atoms with Crippen LogP contribution < -0.4 is 30.9 Å². The molecule has 0 bridgehead atoms. The number of hydrogen-bond donors (Lipinski definition) is 5. The zero-order valence-corrected chi connectivity index (χ0v) is 34.9. The van der Waals surface area contributed by atoms with E-state index in [9.17, 15) is 29.1 Å². The Morgan fingerprint density at radius 3 is 2.43 bits per heavy atom. The Kier molecular flexibility index (Phi) is 12.2. The minimum Gasteiger partial charge on any atom is -0.488 e. The number of thiazole rings is 1. The van der Waals surface area contributed by atoms with E-state index in [1.165, 1.54) is 22.3 Å². The van der Waals surface area contributed by atoms with Crippen LogP contribution in [0.1, 0.15) is 73.1 Å². The van der Waals surface area contributed by atoms with Crippen molar-refractivity contribution in [1.82, 2.24) is 30.8 Å². The third kappa shape index (κ3) is 9.30. The molecule has 6 rings (SSSR count). The number of nitrogens with one attached hydrogen (secondary N) is 4. The maximum Gasteiger partial charge on any atom is 0.413 e. The maximum absolute atomic E-state index is 14.7. The number of fused-ring (bicyclic) bond motifs is 1. The Morgan fingerprint density at radius 1 is 1.09 bits per heavy atom. The van der Waals surface area contributed by atoms with Gasteiger partial charge in [0.25, 0.3) is 0 Å². The van der Waals surface area contributed by atoms with Crippen LogP contribution in [0, 0.1) is 11.3 Å². The Balaban J connectivity index is 1.33. The molecule has 5 amide bonds. The molecule has 17 heteroatoms. The number of ether oxygens (including phenoxy) is 2. The number of carboxylic acid groups (broad SMARTS) is 1. The molecule has 2 aliphatic carbocycles. The normalized spacial score (nSPS) is 22.3. The third-order valence-electron chi connectivity index (χ3n) is 10.8. The number of benzene rings is 1. The van der Waals surface area contributed by atoms with Gasteiger partial charge in [0, 0.05) is 55.0 Å². The number of pyridine rings is 1. The number of carbonyl (C=O) groups excluding carboxylic acids is 4. The number of urea groups is 1. The van der Waals surface area contributed by atoms with Gasteiger partial charge >= 0.3 is 18.1 Å². The number of amides is 5. The van der Waals surface area contributed by atoms with Crippen LogP contribution in [0.4, 0.5) is 20.4 Å². The number of nitrogens with zero attached hydrogens (tertiary/aromatic N) is 4. The predicted octanol–water partition coefficient (Wildman–Crippen LogP) is 5.53. The van der Waals surface area contributed by atoms with Crippen LogP contribution in [0.3, 0.4) is 0 Å². The van der Waals surface area contributed by atoms with Crippen LogP contribution in [0.25, 0.3) is 22.3 Å². The lowest BCUT2D eigenvalue weighted by Crippen LogP contribution is -2.60. The highest BCUT2D eigenvalue weighted by Gasteiger charge is 2.61. The number of likely N-dealkylation sites (tertiary alicyclic amines) is 1. The fraction of sp³-hybridized carbons (Fsp3) is 0.537. The van der Waals surface area contributed by atoms with E-state index in [0.717, 1.165) is 31.4 Å². The summed E-state index contributed by atoms with van der Waals surface area (Å²) < 4.78 is 11.9. The van der Waals surface area contributed by atoms with Gasteiger partial charge in [-0.3, -0.25) is 14.9 Å². The first-order valence-corrected chi connectivity index (χ1v) is 20.5. The Bertz CT molecular complexity index is 2080. The molecule has 3 aliphatic rings. The first-order valence-electron chi connectivity index (χ1n) is 19.7. The number of anilines is 2. The number of aromatic nitrogens is 2. The van der Waals surface area contributed by atoms with Crippen molar-refractivity contribution in [3.63, 3.8) is 0 Å². The maximum atomic E-state index is 14.7. The molecule has 5 N–H and O–H groups in total. The summed E-state index contributed by atoms with van der Waals surface area (Å²) in [6.45, 7) is 12.7.